The minimum atomic E-state index is 0.871. The molecule has 1 aliphatic rings. The van der Waals surface area contributed by atoms with Crippen molar-refractivity contribution in [2.45, 2.75) is 64.1 Å². The van der Waals surface area contributed by atoms with Crippen molar-refractivity contribution < 1.29 is 0 Å². The highest BCUT2D eigenvalue weighted by molar-refractivity contribution is 6.33. The summed E-state index contributed by atoms with van der Waals surface area (Å²) in [5.74, 6) is 0. The van der Waals surface area contributed by atoms with Crippen molar-refractivity contribution in [1.29, 1.82) is 0 Å². The van der Waals surface area contributed by atoms with Crippen molar-refractivity contribution in [3.8, 4) is 0 Å². The van der Waals surface area contributed by atoms with E-state index in [2.05, 4.69) is 26.1 Å². The second-order valence-corrected chi connectivity index (χ2v) is 4.68. The highest BCUT2D eigenvalue weighted by Gasteiger charge is 2.15. The standard InChI is InChI=1S/C12H25BN/c1-13-10-11-14(2)12-8-6-4-3-5-7-9-12/h12H,3-11H2,1-2H3. The van der Waals surface area contributed by atoms with E-state index in [0.29, 0.717) is 0 Å². The van der Waals surface area contributed by atoms with E-state index in [4.69, 9.17) is 0 Å². The van der Waals surface area contributed by atoms with Gasteiger partial charge in [0.05, 0.1) is 0 Å². The van der Waals surface area contributed by atoms with E-state index in [0.717, 1.165) is 6.04 Å². The largest absolute Gasteiger partial charge is 0.304 e. The fourth-order valence-electron chi connectivity index (χ4n) is 2.39. The van der Waals surface area contributed by atoms with Gasteiger partial charge in [0.25, 0.3) is 0 Å². The summed E-state index contributed by atoms with van der Waals surface area (Å²) in [5, 5.41) is 0. The molecule has 1 aliphatic carbocycles. The molecule has 1 rings (SSSR count). The van der Waals surface area contributed by atoms with Crippen LogP contribution >= 0.6 is 0 Å². The average Bonchev–Trinajstić information content (AvgIpc) is 2.13. The number of nitrogens with zero attached hydrogens (tertiary/aromatic N) is 1. The third-order valence-corrected chi connectivity index (χ3v) is 3.47. The van der Waals surface area contributed by atoms with Gasteiger partial charge in [-0.05, 0) is 26.4 Å². The lowest BCUT2D eigenvalue weighted by atomic mass is 9.78. The summed E-state index contributed by atoms with van der Waals surface area (Å²) in [5.41, 5.74) is 0. The summed E-state index contributed by atoms with van der Waals surface area (Å²) >= 11 is 0. The molecule has 81 valence electrons. The molecule has 1 radical (unpaired) electrons. The van der Waals surface area contributed by atoms with Gasteiger partial charge in [-0.15, -0.1) is 0 Å². The Labute approximate surface area is 90.5 Å². The first-order valence-electron chi connectivity index (χ1n) is 6.32. The number of hydrogen-bond donors (Lipinski definition) is 0. The minimum absolute atomic E-state index is 0.871. The molecule has 0 saturated heterocycles. The second-order valence-electron chi connectivity index (χ2n) is 4.68. The smallest absolute Gasteiger partial charge is 0.107 e. The molecule has 0 unspecified atom stereocenters. The number of hydrogen-bond acceptors (Lipinski definition) is 1. The molecule has 0 aromatic carbocycles. The lowest BCUT2D eigenvalue weighted by molar-refractivity contribution is 0.212. The highest BCUT2D eigenvalue weighted by Crippen LogP contribution is 2.20. The molecule has 0 spiro atoms. The van der Waals surface area contributed by atoms with E-state index < -0.39 is 0 Å². The Morgan fingerprint density at radius 1 is 1.07 bits per heavy atom. The molecular formula is C12H25BN. The van der Waals surface area contributed by atoms with E-state index in [1.54, 1.807) is 0 Å². The zero-order valence-corrected chi connectivity index (χ0v) is 9.97. The van der Waals surface area contributed by atoms with E-state index in [1.807, 2.05) is 0 Å². The van der Waals surface area contributed by atoms with Crippen molar-refractivity contribution in [3.63, 3.8) is 0 Å². The van der Waals surface area contributed by atoms with E-state index in [9.17, 15) is 0 Å². The molecule has 2 heteroatoms. The molecule has 0 N–H and O–H groups in total. The second kappa shape index (κ2) is 7.33. The summed E-state index contributed by atoms with van der Waals surface area (Å²) in [7, 11) is 4.58. The van der Waals surface area contributed by atoms with Crippen molar-refractivity contribution >= 4 is 7.28 Å². The highest BCUT2D eigenvalue weighted by atomic mass is 15.1. The van der Waals surface area contributed by atoms with Crippen LogP contribution in [0.3, 0.4) is 0 Å². The van der Waals surface area contributed by atoms with Crippen molar-refractivity contribution in [2.75, 3.05) is 13.6 Å². The maximum Gasteiger partial charge on any atom is 0.107 e. The van der Waals surface area contributed by atoms with Crippen LogP contribution in [0.15, 0.2) is 0 Å². The van der Waals surface area contributed by atoms with E-state index in [-0.39, 0.29) is 0 Å². The SMILES string of the molecule is C[B]CCN(C)C1CCCCCCC1. The van der Waals surface area contributed by atoms with Gasteiger partial charge < -0.3 is 4.90 Å². The summed E-state index contributed by atoms with van der Waals surface area (Å²) in [6.07, 6.45) is 11.4. The fraction of sp³-hybridized carbons (Fsp3) is 1.00. The first-order chi connectivity index (χ1) is 6.84. The van der Waals surface area contributed by atoms with Crippen LogP contribution in [0.2, 0.25) is 13.1 Å². The van der Waals surface area contributed by atoms with Crippen LogP contribution in [-0.4, -0.2) is 31.8 Å². The Morgan fingerprint density at radius 3 is 2.21 bits per heavy atom. The van der Waals surface area contributed by atoms with Crippen LogP contribution < -0.4 is 0 Å². The zero-order valence-electron chi connectivity index (χ0n) is 9.97. The lowest BCUT2D eigenvalue weighted by Gasteiger charge is -2.29. The Morgan fingerprint density at radius 2 is 1.64 bits per heavy atom. The predicted molar refractivity (Wildman–Crippen MR) is 65.2 cm³/mol. The van der Waals surface area contributed by atoms with Crippen LogP contribution in [-0.2, 0) is 0 Å². The summed E-state index contributed by atoms with van der Waals surface area (Å²) in [4.78, 5) is 2.57. The molecule has 0 amide bonds. The van der Waals surface area contributed by atoms with Gasteiger partial charge in [-0.2, -0.15) is 0 Å². The molecule has 1 fully saturated rings. The molecule has 0 aromatic heterocycles. The molecule has 1 nitrogen and oxygen atoms in total. The third kappa shape index (κ3) is 4.50. The van der Waals surface area contributed by atoms with Gasteiger partial charge in [-0.25, -0.2) is 0 Å². The monoisotopic (exact) mass is 194 g/mol. The first-order valence-corrected chi connectivity index (χ1v) is 6.32. The molecule has 0 bridgehead atoms. The first kappa shape index (κ1) is 12.1. The molecule has 14 heavy (non-hydrogen) atoms. The van der Waals surface area contributed by atoms with Gasteiger partial charge in [-0.3, -0.25) is 0 Å². The third-order valence-electron chi connectivity index (χ3n) is 3.47. The minimum Gasteiger partial charge on any atom is -0.304 e. The van der Waals surface area contributed by atoms with Crippen molar-refractivity contribution in [2.24, 2.45) is 0 Å². The normalized spacial score (nSPS) is 20.5. The molecule has 0 atom stereocenters. The summed E-state index contributed by atoms with van der Waals surface area (Å²) in [6.45, 7) is 3.41. The van der Waals surface area contributed by atoms with Gasteiger partial charge in [0, 0.05) is 6.04 Å². The van der Waals surface area contributed by atoms with Gasteiger partial charge in [0.2, 0.25) is 0 Å². The summed E-state index contributed by atoms with van der Waals surface area (Å²) in [6, 6.07) is 0.871. The van der Waals surface area contributed by atoms with Crippen LogP contribution in [0.4, 0.5) is 0 Å². The van der Waals surface area contributed by atoms with Gasteiger partial charge >= 0.3 is 0 Å². The van der Waals surface area contributed by atoms with E-state index >= 15 is 0 Å². The average molecular weight is 194 g/mol. The molecular weight excluding hydrogens is 169 g/mol. The molecule has 1 saturated carbocycles. The molecule has 0 aromatic rings. The van der Waals surface area contributed by atoms with Crippen molar-refractivity contribution in [1.82, 2.24) is 4.90 Å². The fourth-order valence-corrected chi connectivity index (χ4v) is 2.39. The van der Waals surface area contributed by atoms with Crippen LogP contribution in [0.5, 0.6) is 0 Å². The van der Waals surface area contributed by atoms with E-state index in [1.165, 1.54) is 57.8 Å². The predicted octanol–water partition coefficient (Wildman–Crippen LogP) is 3.20. The van der Waals surface area contributed by atoms with Crippen LogP contribution in [0.1, 0.15) is 44.9 Å². The Hall–Kier alpha value is 0.0249. The lowest BCUT2D eigenvalue weighted by Crippen LogP contribution is -2.33. The summed E-state index contributed by atoms with van der Waals surface area (Å²) < 4.78 is 0. The van der Waals surface area contributed by atoms with Gasteiger partial charge in [0.1, 0.15) is 7.28 Å². The maximum atomic E-state index is 2.57. The topological polar surface area (TPSA) is 3.24 Å². The molecule has 0 heterocycles. The Bertz CT molecular complexity index is 130. The zero-order chi connectivity index (χ0) is 10.2. The molecule has 0 aliphatic heterocycles. The number of rotatable bonds is 4. The Balaban J connectivity index is 2.23. The van der Waals surface area contributed by atoms with Gasteiger partial charge in [0.15, 0.2) is 0 Å². The van der Waals surface area contributed by atoms with Crippen molar-refractivity contribution in [3.05, 3.63) is 0 Å². The quantitative estimate of drug-likeness (QED) is 0.621. The maximum absolute atomic E-state index is 2.57. The van der Waals surface area contributed by atoms with Crippen LogP contribution in [0.25, 0.3) is 0 Å². The van der Waals surface area contributed by atoms with Gasteiger partial charge in [-0.1, -0.05) is 45.2 Å². The Kier molecular flexibility index (Phi) is 6.34. The van der Waals surface area contributed by atoms with Crippen LogP contribution in [0, 0.1) is 0 Å².